The number of hydrogen-bond acceptors (Lipinski definition) is 2. The topological polar surface area (TPSA) is 23.5 Å². The smallest absolute Gasteiger partial charge is 0.0681 e. The molecule has 1 aromatic rings. The number of nitrogens with zero attached hydrogens (tertiary/aromatic N) is 1. The van der Waals surface area contributed by atoms with Gasteiger partial charge in [0.2, 0.25) is 0 Å². The van der Waals surface area contributed by atoms with E-state index in [2.05, 4.69) is 44.7 Å². The number of aliphatic hydroxyl groups is 1. The van der Waals surface area contributed by atoms with Crippen molar-refractivity contribution in [3.8, 4) is 0 Å². The summed E-state index contributed by atoms with van der Waals surface area (Å²) in [7, 11) is 0. The van der Waals surface area contributed by atoms with Crippen molar-refractivity contribution in [2.24, 2.45) is 0 Å². The van der Waals surface area contributed by atoms with Crippen LogP contribution in [0.2, 0.25) is 0 Å². The molecular formula is C13H21NO. The van der Waals surface area contributed by atoms with Crippen LogP contribution >= 0.6 is 0 Å². The van der Waals surface area contributed by atoms with E-state index in [0.29, 0.717) is 0 Å². The molecular weight excluding hydrogens is 186 g/mol. The number of rotatable bonds is 3. The van der Waals surface area contributed by atoms with Gasteiger partial charge < -0.3 is 10.0 Å². The van der Waals surface area contributed by atoms with Gasteiger partial charge >= 0.3 is 0 Å². The van der Waals surface area contributed by atoms with Crippen LogP contribution in [0.1, 0.15) is 33.3 Å². The predicted octanol–water partition coefficient (Wildman–Crippen LogP) is 2.80. The van der Waals surface area contributed by atoms with E-state index in [1.807, 2.05) is 12.1 Å². The molecule has 0 atom stereocenters. The highest BCUT2D eigenvalue weighted by molar-refractivity contribution is 5.49. The molecule has 0 aliphatic carbocycles. The molecule has 0 unspecified atom stereocenters. The second kappa shape index (κ2) is 4.67. The molecule has 0 amide bonds. The summed E-state index contributed by atoms with van der Waals surface area (Å²) in [6.45, 7) is 9.87. The Morgan fingerprint density at radius 2 is 1.67 bits per heavy atom. The molecule has 0 aliphatic rings. The molecule has 0 aliphatic heterocycles. The Bertz CT molecular complexity index is 297. The Labute approximate surface area is 92.5 Å². The first-order valence-electron chi connectivity index (χ1n) is 5.46. The highest BCUT2D eigenvalue weighted by atomic mass is 16.3. The molecule has 0 aromatic heterocycles. The van der Waals surface area contributed by atoms with E-state index < -0.39 is 0 Å². The summed E-state index contributed by atoms with van der Waals surface area (Å²) in [4.78, 5) is 2.34. The molecule has 0 saturated carbocycles. The number of aliphatic hydroxyl groups excluding tert-OH is 1. The lowest BCUT2D eigenvalue weighted by Crippen LogP contribution is -2.41. The van der Waals surface area contributed by atoms with Gasteiger partial charge in [0, 0.05) is 17.8 Å². The van der Waals surface area contributed by atoms with Crippen molar-refractivity contribution >= 4 is 5.69 Å². The van der Waals surface area contributed by atoms with Gasteiger partial charge in [0.15, 0.2) is 0 Å². The standard InChI is InChI=1S/C13H21NO/c1-5-14(13(2,3)4)12-8-6-11(10-15)7-9-12/h6-9,15H,5,10H2,1-4H3. The minimum Gasteiger partial charge on any atom is -0.392 e. The summed E-state index contributed by atoms with van der Waals surface area (Å²) in [5, 5.41) is 8.97. The third-order valence-electron chi connectivity index (χ3n) is 2.56. The molecule has 2 heteroatoms. The molecule has 0 fully saturated rings. The third-order valence-corrected chi connectivity index (χ3v) is 2.56. The lowest BCUT2D eigenvalue weighted by atomic mass is 10.0. The van der Waals surface area contributed by atoms with E-state index in [9.17, 15) is 0 Å². The van der Waals surface area contributed by atoms with Crippen LogP contribution in [0.25, 0.3) is 0 Å². The van der Waals surface area contributed by atoms with Crippen LogP contribution in [0.5, 0.6) is 0 Å². The van der Waals surface area contributed by atoms with Crippen molar-refractivity contribution < 1.29 is 5.11 Å². The maximum atomic E-state index is 8.97. The predicted molar refractivity (Wildman–Crippen MR) is 65.1 cm³/mol. The summed E-state index contributed by atoms with van der Waals surface area (Å²) >= 11 is 0. The molecule has 0 radical (unpaired) electrons. The molecule has 15 heavy (non-hydrogen) atoms. The Balaban J connectivity index is 2.93. The van der Waals surface area contributed by atoms with E-state index in [1.54, 1.807) is 0 Å². The molecule has 0 saturated heterocycles. The van der Waals surface area contributed by atoms with Crippen LogP contribution in [0, 0.1) is 0 Å². The fourth-order valence-corrected chi connectivity index (χ4v) is 1.83. The van der Waals surface area contributed by atoms with Crippen LogP contribution in [-0.4, -0.2) is 17.2 Å². The average molecular weight is 207 g/mol. The van der Waals surface area contributed by atoms with Crippen LogP contribution < -0.4 is 4.90 Å². The maximum Gasteiger partial charge on any atom is 0.0681 e. The second-order valence-electron chi connectivity index (χ2n) is 4.74. The zero-order chi connectivity index (χ0) is 11.5. The lowest BCUT2D eigenvalue weighted by molar-refractivity contribution is 0.282. The molecule has 1 rings (SSSR count). The molecule has 84 valence electrons. The average Bonchev–Trinajstić information content (AvgIpc) is 2.18. The van der Waals surface area contributed by atoms with Gasteiger partial charge in [0.25, 0.3) is 0 Å². The van der Waals surface area contributed by atoms with Crippen LogP contribution in [-0.2, 0) is 6.61 Å². The minimum absolute atomic E-state index is 0.113. The normalized spacial score (nSPS) is 11.5. The molecule has 2 nitrogen and oxygen atoms in total. The van der Waals surface area contributed by atoms with E-state index in [-0.39, 0.29) is 12.1 Å². The number of anilines is 1. The van der Waals surface area contributed by atoms with Crippen molar-refractivity contribution in [3.63, 3.8) is 0 Å². The summed E-state index contributed by atoms with van der Waals surface area (Å²) in [6, 6.07) is 8.09. The summed E-state index contributed by atoms with van der Waals surface area (Å²) < 4.78 is 0. The highest BCUT2D eigenvalue weighted by Gasteiger charge is 2.19. The van der Waals surface area contributed by atoms with Crippen LogP contribution in [0.4, 0.5) is 5.69 Å². The van der Waals surface area contributed by atoms with Crippen molar-refractivity contribution in [1.82, 2.24) is 0 Å². The first-order valence-corrected chi connectivity index (χ1v) is 5.46. The summed E-state index contributed by atoms with van der Waals surface area (Å²) in [6.07, 6.45) is 0. The van der Waals surface area contributed by atoms with Crippen molar-refractivity contribution in [2.45, 2.75) is 39.8 Å². The van der Waals surface area contributed by atoms with E-state index in [0.717, 1.165) is 12.1 Å². The molecule has 0 bridgehead atoms. The van der Waals surface area contributed by atoms with Gasteiger partial charge in [-0.05, 0) is 45.4 Å². The molecule has 0 spiro atoms. The van der Waals surface area contributed by atoms with Gasteiger partial charge in [0.05, 0.1) is 6.61 Å². The molecule has 1 aromatic carbocycles. The maximum absolute atomic E-state index is 8.97. The first kappa shape index (κ1) is 12.1. The second-order valence-corrected chi connectivity index (χ2v) is 4.74. The van der Waals surface area contributed by atoms with Gasteiger partial charge in [-0.3, -0.25) is 0 Å². The van der Waals surface area contributed by atoms with Crippen molar-refractivity contribution in [3.05, 3.63) is 29.8 Å². The Kier molecular flexibility index (Phi) is 3.75. The first-order chi connectivity index (χ1) is 6.99. The van der Waals surface area contributed by atoms with Gasteiger partial charge in [0.1, 0.15) is 0 Å². The fraction of sp³-hybridized carbons (Fsp3) is 0.538. The zero-order valence-electron chi connectivity index (χ0n) is 10.1. The largest absolute Gasteiger partial charge is 0.392 e. The number of benzene rings is 1. The minimum atomic E-state index is 0.113. The van der Waals surface area contributed by atoms with Gasteiger partial charge in [-0.25, -0.2) is 0 Å². The van der Waals surface area contributed by atoms with Gasteiger partial charge in [-0.2, -0.15) is 0 Å². The van der Waals surface area contributed by atoms with Crippen molar-refractivity contribution in [2.75, 3.05) is 11.4 Å². The van der Waals surface area contributed by atoms with E-state index in [4.69, 9.17) is 5.11 Å². The Morgan fingerprint density at radius 1 is 1.13 bits per heavy atom. The Morgan fingerprint density at radius 3 is 2.00 bits per heavy atom. The molecule has 0 heterocycles. The van der Waals surface area contributed by atoms with E-state index >= 15 is 0 Å². The van der Waals surface area contributed by atoms with Crippen LogP contribution in [0.3, 0.4) is 0 Å². The van der Waals surface area contributed by atoms with Crippen molar-refractivity contribution in [1.29, 1.82) is 0 Å². The fourth-order valence-electron chi connectivity index (χ4n) is 1.83. The van der Waals surface area contributed by atoms with E-state index in [1.165, 1.54) is 5.69 Å². The lowest BCUT2D eigenvalue weighted by Gasteiger charge is -2.37. The third kappa shape index (κ3) is 2.96. The SMILES string of the molecule is CCN(c1ccc(CO)cc1)C(C)(C)C. The summed E-state index contributed by atoms with van der Waals surface area (Å²) in [5.74, 6) is 0. The summed E-state index contributed by atoms with van der Waals surface area (Å²) in [5.41, 5.74) is 2.31. The molecule has 1 N–H and O–H groups in total. The monoisotopic (exact) mass is 207 g/mol. The van der Waals surface area contributed by atoms with Gasteiger partial charge in [-0.1, -0.05) is 12.1 Å². The Hall–Kier alpha value is -1.02. The zero-order valence-corrected chi connectivity index (χ0v) is 10.1. The van der Waals surface area contributed by atoms with Crippen LogP contribution in [0.15, 0.2) is 24.3 Å². The highest BCUT2D eigenvalue weighted by Crippen LogP contribution is 2.23. The van der Waals surface area contributed by atoms with Gasteiger partial charge in [-0.15, -0.1) is 0 Å². The quantitative estimate of drug-likeness (QED) is 0.824. The number of hydrogen-bond donors (Lipinski definition) is 1.